The fourth-order valence-electron chi connectivity index (χ4n) is 5.07. The zero-order valence-corrected chi connectivity index (χ0v) is 25.3. The lowest BCUT2D eigenvalue weighted by Crippen LogP contribution is -2.34. The number of aromatic carboxylic acids is 1. The summed E-state index contributed by atoms with van der Waals surface area (Å²) in [6, 6.07) is 30.6. The first-order valence-corrected chi connectivity index (χ1v) is 15.6. The summed E-state index contributed by atoms with van der Waals surface area (Å²) in [5.74, 6) is -0.394. The summed E-state index contributed by atoms with van der Waals surface area (Å²) in [5.41, 5.74) is 6.03. The average molecular weight is 613 g/mol. The van der Waals surface area contributed by atoms with Crippen LogP contribution in [-0.4, -0.2) is 40.6 Å². The molecule has 9 heteroatoms. The lowest BCUT2D eigenvalue weighted by atomic mass is 9.99. The van der Waals surface area contributed by atoms with Crippen LogP contribution in [-0.2, 0) is 22.6 Å². The Morgan fingerprint density at radius 2 is 1.59 bits per heavy atom. The predicted molar refractivity (Wildman–Crippen MR) is 170 cm³/mol. The summed E-state index contributed by atoms with van der Waals surface area (Å²) < 4.78 is 12.9. The number of hydrogen-bond donors (Lipinski definition) is 4. The number of hydrogen-bond acceptors (Lipinski definition) is 6. The number of aliphatic hydroxyl groups is 1. The van der Waals surface area contributed by atoms with Gasteiger partial charge in [0.05, 0.1) is 24.4 Å². The molecule has 4 N–H and O–H groups in total. The van der Waals surface area contributed by atoms with Crippen molar-refractivity contribution < 1.29 is 29.3 Å². The number of carbonyl (C=O) groups excluding carboxylic acids is 1. The number of benzene rings is 4. The molecule has 228 valence electrons. The van der Waals surface area contributed by atoms with Gasteiger partial charge >= 0.3 is 12.0 Å². The molecule has 0 spiro atoms. The molecule has 0 radical (unpaired) electrons. The van der Waals surface area contributed by atoms with Gasteiger partial charge in [0, 0.05) is 35.7 Å². The Morgan fingerprint density at radius 1 is 0.841 bits per heavy atom. The lowest BCUT2D eigenvalue weighted by Gasteiger charge is -2.36. The van der Waals surface area contributed by atoms with Gasteiger partial charge in [-0.3, -0.25) is 0 Å². The summed E-state index contributed by atoms with van der Waals surface area (Å²) >= 11 is 1.47. The van der Waals surface area contributed by atoms with Gasteiger partial charge in [-0.1, -0.05) is 78.9 Å². The van der Waals surface area contributed by atoms with E-state index in [0.29, 0.717) is 30.2 Å². The third-order valence-corrected chi connectivity index (χ3v) is 8.60. The Hall–Kier alpha value is -4.15. The molecule has 1 aliphatic rings. The Kier molecular flexibility index (Phi) is 10.7. The molecule has 44 heavy (non-hydrogen) atoms. The first-order chi connectivity index (χ1) is 21.4. The van der Waals surface area contributed by atoms with E-state index in [9.17, 15) is 19.8 Å². The van der Waals surface area contributed by atoms with Crippen molar-refractivity contribution in [1.82, 2.24) is 10.6 Å². The van der Waals surface area contributed by atoms with Gasteiger partial charge in [0.25, 0.3) is 0 Å². The van der Waals surface area contributed by atoms with Crippen LogP contribution in [0.15, 0.2) is 102 Å². The largest absolute Gasteiger partial charge is 0.478 e. The van der Waals surface area contributed by atoms with Crippen LogP contribution in [0.3, 0.4) is 0 Å². The molecule has 1 fully saturated rings. The smallest absolute Gasteiger partial charge is 0.336 e. The second kappa shape index (κ2) is 15.0. The minimum absolute atomic E-state index is 0.0280. The molecule has 2 amide bonds. The Morgan fingerprint density at radius 3 is 2.32 bits per heavy atom. The molecule has 3 unspecified atom stereocenters. The first-order valence-electron chi connectivity index (χ1n) is 14.6. The molecule has 0 aromatic heterocycles. The van der Waals surface area contributed by atoms with Gasteiger partial charge in [-0.25, -0.2) is 9.59 Å². The molecule has 0 bridgehead atoms. The van der Waals surface area contributed by atoms with Crippen molar-refractivity contribution >= 4 is 23.8 Å². The number of urea groups is 1. The average Bonchev–Trinajstić information content (AvgIpc) is 3.07. The zero-order valence-electron chi connectivity index (χ0n) is 24.4. The van der Waals surface area contributed by atoms with Crippen LogP contribution in [0.4, 0.5) is 4.79 Å². The molecule has 0 saturated carbocycles. The van der Waals surface area contributed by atoms with Gasteiger partial charge in [-0.2, -0.15) is 0 Å². The van der Waals surface area contributed by atoms with Crippen LogP contribution in [0.25, 0.3) is 11.1 Å². The second-order valence-electron chi connectivity index (χ2n) is 10.5. The van der Waals surface area contributed by atoms with Gasteiger partial charge in [-0.15, -0.1) is 11.8 Å². The van der Waals surface area contributed by atoms with E-state index >= 15 is 0 Å². The summed E-state index contributed by atoms with van der Waals surface area (Å²) in [6.45, 7) is 2.85. The summed E-state index contributed by atoms with van der Waals surface area (Å²) in [7, 11) is 0. The van der Waals surface area contributed by atoms with Crippen molar-refractivity contribution in [2.45, 2.75) is 49.9 Å². The molecule has 3 atom stereocenters. The highest BCUT2D eigenvalue weighted by Crippen LogP contribution is 2.40. The normalized spacial score (nSPS) is 18.0. The van der Waals surface area contributed by atoms with E-state index in [-0.39, 0.29) is 30.4 Å². The quantitative estimate of drug-likeness (QED) is 0.139. The van der Waals surface area contributed by atoms with Crippen LogP contribution >= 0.6 is 11.8 Å². The monoisotopic (exact) mass is 612 g/mol. The highest BCUT2D eigenvalue weighted by atomic mass is 32.2. The maximum absolute atomic E-state index is 11.8. The van der Waals surface area contributed by atoms with Gasteiger partial charge < -0.3 is 30.3 Å². The summed E-state index contributed by atoms with van der Waals surface area (Å²) in [4.78, 5) is 24.2. The number of aliphatic hydroxyl groups excluding tert-OH is 1. The molecule has 4 aromatic rings. The number of thioether (sulfide) groups is 1. The van der Waals surface area contributed by atoms with E-state index in [1.165, 1.54) is 11.8 Å². The van der Waals surface area contributed by atoms with Crippen LogP contribution in [0.2, 0.25) is 0 Å². The summed E-state index contributed by atoms with van der Waals surface area (Å²) in [5, 5.41) is 24.7. The number of carbonyl (C=O) groups is 2. The molecular formula is C35H36N2O6S. The Bertz CT molecular complexity index is 1560. The van der Waals surface area contributed by atoms with Crippen LogP contribution in [0, 0.1) is 0 Å². The standard InChI is InChI=1S/C35H36N2O6S/c1-2-36-35(41)37-20-24-6-5-7-28(18-24)25-14-16-27(17-15-25)34-42-29(22-44-32-9-4-3-8-30(32)33(39)40)19-31(43-34)26-12-10-23(21-38)11-13-26/h3-18,29,31,34,38H,2,19-22H2,1H3,(H,39,40)(H2,36,37,41). The number of carboxylic acids is 1. The molecule has 5 rings (SSSR count). The van der Waals surface area contributed by atoms with Gasteiger partial charge in [0.1, 0.15) is 0 Å². The van der Waals surface area contributed by atoms with Crippen molar-refractivity contribution in [3.63, 3.8) is 0 Å². The van der Waals surface area contributed by atoms with E-state index in [1.807, 2.05) is 85.8 Å². The molecule has 4 aromatic carbocycles. The molecule has 1 heterocycles. The molecular weight excluding hydrogens is 576 g/mol. The number of carboxylic acid groups (broad SMARTS) is 1. The topological polar surface area (TPSA) is 117 Å². The lowest BCUT2D eigenvalue weighted by molar-refractivity contribution is -0.245. The van der Waals surface area contributed by atoms with Crippen molar-refractivity contribution in [2.75, 3.05) is 12.3 Å². The van der Waals surface area contributed by atoms with Crippen molar-refractivity contribution in [3.05, 3.63) is 125 Å². The first kappa shape index (κ1) is 31.3. The van der Waals surface area contributed by atoms with Crippen LogP contribution in [0.1, 0.15) is 58.4 Å². The predicted octanol–water partition coefficient (Wildman–Crippen LogP) is 6.70. The van der Waals surface area contributed by atoms with E-state index in [4.69, 9.17) is 9.47 Å². The zero-order chi connectivity index (χ0) is 30.9. The molecule has 1 aliphatic heterocycles. The number of rotatable bonds is 11. The maximum Gasteiger partial charge on any atom is 0.336 e. The number of amides is 2. The van der Waals surface area contributed by atoms with Crippen LogP contribution in [0.5, 0.6) is 0 Å². The number of ether oxygens (including phenoxy) is 2. The maximum atomic E-state index is 11.8. The molecule has 0 aliphatic carbocycles. The van der Waals surface area contributed by atoms with E-state index < -0.39 is 12.3 Å². The summed E-state index contributed by atoms with van der Waals surface area (Å²) in [6.07, 6.45) is -0.451. The molecule has 8 nitrogen and oxygen atoms in total. The van der Waals surface area contributed by atoms with Crippen molar-refractivity contribution in [2.24, 2.45) is 0 Å². The van der Waals surface area contributed by atoms with E-state index in [1.54, 1.807) is 12.1 Å². The number of nitrogens with one attached hydrogen (secondary N) is 2. The molecule has 1 saturated heterocycles. The minimum Gasteiger partial charge on any atom is -0.478 e. The van der Waals surface area contributed by atoms with Crippen molar-refractivity contribution in [3.8, 4) is 11.1 Å². The van der Waals surface area contributed by atoms with Crippen molar-refractivity contribution in [1.29, 1.82) is 0 Å². The highest BCUT2D eigenvalue weighted by Gasteiger charge is 2.32. The van der Waals surface area contributed by atoms with Gasteiger partial charge in [-0.05, 0) is 52.9 Å². The third-order valence-electron chi connectivity index (χ3n) is 7.39. The highest BCUT2D eigenvalue weighted by molar-refractivity contribution is 7.99. The Labute approximate surface area is 261 Å². The Balaban J connectivity index is 1.33. The van der Waals surface area contributed by atoms with E-state index in [0.717, 1.165) is 33.4 Å². The van der Waals surface area contributed by atoms with Gasteiger partial charge in [0.15, 0.2) is 6.29 Å². The van der Waals surface area contributed by atoms with Gasteiger partial charge in [0.2, 0.25) is 0 Å². The van der Waals surface area contributed by atoms with Crippen LogP contribution < -0.4 is 10.6 Å². The minimum atomic E-state index is -0.954. The fraction of sp³-hybridized carbons (Fsp3) is 0.257. The van der Waals surface area contributed by atoms with E-state index in [2.05, 4.69) is 16.7 Å². The fourth-order valence-corrected chi connectivity index (χ4v) is 6.14. The second-order valence-corrected chi connectivity index (χ2v) is 11.6. The third kappa shape index (κ3) is 8.06. The SMILES string of the molecule is CCNC(=O)NCc1cccc(-c2ccc(C3OC(CSc4ccccc4C(=O)O)CC(c4ccc(CO)cc4)O3)cc2)c1.